The Balaban J connectivity index is 1.64. The Labute approximate surface area is 172 Å². The first kappa shape index (κ1) is 21.0. The minimum atomic E-state index is -3.77. The lowest BCUT2D eigenvalue weighted by Crippen LogP contribution is -2.30. The highest BCUT2D eigenvalue weighted by molar-refractivity contribution is 7.91. The van der Waals surface area contributed by atoms with Crippen molar-refractivity contribution in [2.24, 2.45) is 0 Å². The van der Waals surface area contributed by atoms with Crippen LogP contribution in [0.5, 0.6) is 0 Å². The quantitative estimate of drug-likeness (QED) is 0.610. The molecule has 0 aliphatic heterocycles. The molecule has 0 spiro atoms. The van der Waals surface area contributed by atoms with Gasteiger partial charge in [-0.05, 0) is 36.8 Å². The Kier molecular flexibility index (Phi) is 6.34. The van der Waals surface area contributed by atoms with Crippen LogP contribution in [0, 0.1) is 12.7 Å². The van der Waals surface area contributed by atoms with Crippen LogP contribution in [0.3, 0.4) is 0 Å². The topological polar surface area (TPSA) is 89.3 Å². The van der Waals surface area contributed by atoms with Gasteiger partial charge in [0.25, 0.3) is 0 Å². The molecule has 6 nitrogen and oxygen atoms in total. The lowest BCUT2D eigenvalue weighted by atomic mass is 10.2. The van der Waals surface area contributed by atoms with E-state index in [0.29, 0.717) is 21.9 Å². The first-order valence-electron chi connectivity index (χ1n) is 8.66. The van der Waals surface area contributed by atoms with Crippen LogP contribution < -0.4 is 5.32 Å². The van der Waals surface area contributed by atoms with Gasteiger partial charge in [-0.25, -0.2) is 17.8 Å². The fraction of sp³-hybridized carbons (Fsp3) is 0.200. The summed E-state index contributed by atoms with van der Waals surface area (Å²) in [7, 11) is -3.77. The van der Waals surface area contributed by atoms with Crippen LogP contribution in [-0.2, 0) is 26.9 Å². The van der Waals surface area contributed by atoms with Gasteiger partial charge < -0.3 is 9.73 Å². The standard InChI is InChI=1S/C20H18ClFN2O4S/c1-13-18(24-20(28-13)16-4-2-3-5-17(16)21)11-29(26,27)12-19(25)23-10-14-6-8-15(22)9-7-14/h2-9H,10-12H2,1H3,(H,23,25). The number of hydrogen-bond donors (Lipinski definition) is 1. The van der Waals surface area contributed by atoms with Gasteiger partial charge in [-0.15, -0.1) is 0 Å². The molecule has 29 heavy (non-hydrogen) atoms. The number of rotatable bonds is 7. The maximum absolute atomic E-state index is 12.9. The molecule has 0 radical (unpaired) electrons. The van der Waals surface area contributed by atoms with Crippen molar-refractivity contribution in [3.05, 3.63) is 76.4 Å². The van der Waals surface area contributed by atoms with Crippen LogP contribution in [-0.4, -0.2) is 25.1 Å². The molecule has 0 unspecified atom stereocenters. The number of benzene rings is 2. The van der Waals surface area contributed by atoms with Gasteiger partial charge in [-0.3, -0.25) is 4.79 Å². The number of carbonyl (C=O) groups excluding carboxylic acids is 1. The average molecular weight is 437 g/mol. The molecule has 3 aromatic rings. The molecule has 1 heterocycles. The zero-order chi connectivity index (χ0) is 21.0. The number of carbonyl (C=O) groups is 1. The number of amides is 1. The Hall–Kier alpha value is -2.71. The molecule has 1 aromatic heterocycles. The molecule has 152 valence electrons. The van der Waals surface area contributed by atoms with Gasteiger partial charge in [-0.1, -0.05) is 35.9 Å². The third kappa shape index (κ3) is 5.65. The lowest BCUT2D eigenvalue weighted by Gasteiger charge is -2.06. The normalized spacial score (nSPS) is 11.4. The Morgan fingerprint density at radius 3 is 2.55 bits per heavy atom. The number of hydrogen-bond acceptors (Lipinski definition) is 5. The zero-order valence-corrected chi connectivity index (χ0v) is 17.1. The van der Waals surface area contributed by atoms with E-state index in [2.05, 4.69) is 10.3 Å². The Bertz CT molecular complexity index is 1130. The molecule has 0 aliphatic carbocycles. The monoisotopic (exact) mass is 436 g/mol. The Morgan fingerprint density at radius 2 is 1.86 bits per heavy atom. The van der Waals surface area contributed by atoms with Crippen LogP contribution in [0.15, 0.2) is 52.9 Å². The first-order valence-corrected chi connectivity index (χ1v) is 10.9. The summed E-state index contributed by atoms with van der Waals surface area (Å²) < 4.78 is 43.3. The van der Waals surface area contributed by atoms with E-state index < -0.39 is 27.3 Å². The summed E-state index contributed by atoms with van der Waals surface area (Å²) in [5.41, 5.74) is 1.44. The number of oxazole rings is 1. The predicted molar refractivity (Wildman–Crippen MR) is 107 cm³/mol. The second kappa shape index (κ2) is 8.75. The SMILES string of the molecule is Cc1oc(-c2ccccc2Cl)nc1CS(=O)(=O)CC(=O)NCc1ccc(F)cc1. The number of aryl methyl sites for hydroxylation is 1. The number of aromatic nitrogens is 1. The lowest BCUT2D eigenvalue weighted by molar-refractivity contribution is -0.118. The van der Waals surface area contributed by atoms with E-state index in [4.69, 9.17) is 16.0 Å². The van der Waals surface area contributed by atoms with Crippen molar-refractivity contribution < 1.29 is 22.0 Å². The first-order chi connectivity index (χ1) is 13.7. The molecule has 0 aliphatic rings. The van der Waals surface area contributed by atoms with Gasteiger partial charge in [0.1, 0.15) is 17.3 Å². The highest BCUT2D eigenvalue weighted by Gasteiger charge is 2.22. The minimum Gasteiger partial charge on any atom is -0.441 e. The number of sulfone groups is 1. The fourth-order valence-electron chi connectivity index (χ4n) is 2.62. The summed E-state index contributed by atoms with van der Waals surface area (Å²) in [6.07, 6.45) is 0. The van der Waals surface area contributed by atoms with Gasteiger partial charge in [0.15, 0.2) is 9.84 Å². The highest BCUT2D eigenvalue weighted by atomic mass is 35.5. The third-order valence-electron chi connectivity index (χ3n) is 4.11. The summed E-state index contributed by atoms with van der Waals surface area (Å²) >= 11 is 6.12. The zero-order valence-electron chi connectivity index (χ0n) is 15.5. The van der Waals surface area contributed by atoms with Crippen molar-refractivity contribution in [3.63, 3.8) is 0 Å². The van der Waals surface area contributed by atoms with Crippen LogP contribution in [0.2, 0.25) is 5.02 Å². The van der Waals surface area contributed by atoms with Crippen molar-refractivity contribution >= 4 is 27.3 Å². The molecule has 1 amide bonds. The average Bonchev–Trinajstić information content (AvgIpc) is 3.00. The summed E-state index contributed by atoms with van der Waals surface area (Å²) in [6, 6.07) is 12.5. The molecule has 0 saturated carbocycles. The molecule has 3 rings (SSSR count). The molecule has 0 bridgehead atoms. The van der Waals surface area contributed by atoms with Crippen LogP contribution >= 0.6 is 11.6 Å². The molecule has 0 atom stereocenters. The largest absolute Gasteiger partial charge is 0.441 e. The van der Waals surface area contributed by atoms with E-state index in [1.54, 1.807) is 31.2 Å². The smallest absolute Gasteiger partial charge is 0.235 e. The molecular weight excluding hydrogens is 419 g/mol. The molecule has 0 fully saturated rings. The number of nitrogens with one attached hydrogen (secondary N) is 1. The van der Waals surface area contributed by atoms with Gasteiger partial charge in [0.05, 0.1) is 22.0 Å². The van der Waals surface area contributed by atoms with Crippen molar-refractivity contribution in [1.29, 1.82) is 0 Å². The molecule has 1 N–H and O–H groups in total. The van der Waals surface area contributed by atoms with Gasteiger partial charge in [0.2, 0.25) is 11.8 Å². The van der Waals surface area contributed by atoms with Crippen molar-refractivity contribution in [3.8, 4) is 11.5 Å². The van der Waals surface area contributed by atoms with Crippen LogP contribution in [0.4, 0.5) is 4.39 Å². The van der Waals surface area contributed by atoms with Crippen molar-refractivity contribution in [1.82, 2.24) is 10.3 Å². The van der Waals surface area contributed by atoms with E-state index in [0.717, 1.165) is 0 Å². The van der Waals surface area contributed by atoms with E-state index in [1.165, 1.54) is 24.3 Å². The number of nitrogens with zero attached hydrogens (tertiary/aromatic N) is 1. The summed E-state index contributed by atoms with van der Waals surface area (Å²) in [5.74, 6) is -1.60. The fourth-order valence-corrected chi connectivity index (χ4v) is 4.13. The van der Waals surface area contributed by atoms with E-state index in [1.807, 2.05) is 0 Å². The summed E-state index contributed by atoms with van der Waals surface area (Å²) in [6.45, 7) is 1.71. The van der Waals surface area contributed by atoms with E-state index in [-0.39, 0.29) is 23.9 Å². The molecular formula is C20H18ClFN2O4S. The van der Waals surface area contributed by atoms with E-state index in [9.17, 15) is 17.6 Å². The maximum atomic E-state index is 12.9. The van der Waals surface area contributed by atoms with Crippen molar-refractivity contribution in [2.45, 2.75) is 19.2 Å². The maximum Gasteiger partial charge on any atom is 0.235 e. The number of halogens is 2. The second-order valence-electron chi connectivity index (χ2n) is 6.44. The van der Waals surface area contributed by atoms with Gasteiger partial charge in [-0.2, -0.15) is 0 Å². The van der Waals surface area contributed by atoms with Crippen molar-refractivity contribution in [2.75, 3.05) is 5.75 Å². The Morgan fingerprint density at radius 1 is 1.17 bits per heavy atom. The van der Waals surface area contributed by atoms with Crippen LogP contribution in [0.25, 0.3) is 11.5 Å². The van der Waals surface area contributed by atoms with Gasteiger partial charge in [0, 0.05) is 6.54 Å². The van der Waals surface area contributed by atoms with Crippen LogP contribution in [0.1, 0.15) is 17.0 Å². The molecule has 2 aromatic carbocycles. The molecule has 9 heteroatoms. The summed E-state index contributed by atoms with van der Waals surface area (Å²) in [5, 5.41) is 2.95. The minimum absolute atomic E-state index is 0.105. The van der Waals surface area contributed by atoms with Gasteiger partial charge >= 0.3 is 0 Å². The predicted octanol–water partition coefficient (Wildman–Crippen LogP) is 3.67. The van der Waals surface area contributed by atoms with E-state index >= 15 is 0 Å². The summed E-state index contributed by atoms with van der Waals surface area (Å²) in [4.78, 5) is 16.3. The second-order valence-corrected chi connectivity index (χ2v) is 8.91. The third-order valence-corrected chi connectivity index (χ3v) is 5.85. The highest BCUT2D eigenvalue weighted by Crippen LogP contribution is 2.28. The molecule has 0 saturated heterocycles.